The Morgan fingerprint density at radius 3 is 2.64 bits per heavy atom. The number of nitrogens with zero attached hydrogens (tertiary/aromatic N) is 4. The zero-order valence-electron chi connectivity index (χ0n) is 14.2. The molecule has 0 amide bonds. The Labute approximate surface area is 145 Å². The molecule has 0 spiro atoms. The standard InChI is InChI=1S/C18H20FN5O/c1-3-25-18-9-4-14(10-17(18)19)11-20-13(2)15-5-7-16(8-6-15)24-12-21-22-23-24/h4-10,12-13,20H,3,11H2,1-2H3. The Balaban J connectivity index is 1.60. The second-order valence-electron chi connectivity index (χ2n) is 5.65. The van der Waals surface area contributed by atoms with Crippen molar-refractivity contribution in [2.45, 2.75) is 26.4 Å². The maximum Gasteiger partial charge on any atom is 0.165 e. The number of ether oxygens (including phenoxy) is 1. The van der Waals surface area contributed by atoms with Crippen molar-refractivity contribution in [2.75, 3.05) is 6.61 Å². The van der Waals surface area contributed by atoms with E-state index in [1.807, 2.05) is 37.3 Å². The molecular weight excluding hydrogens is 321 g/mol. The van der Waals surface area contributed by atoms with Crippen molar-refractivity contribution in [3.63, 3.8) is 0 Å². The molecule has 0 bridgehead atoms. The molecule has 2 aromatic carbocycles. The van der Waals surface area contributed by atoms with Crippen LogP contribution < -0.4 is 10.1 Å². The second kappa shape index (κ2) is 7.85. The van der Waals surface area contributed by atoms with Crippen LogP contribution in [0, 0.1) is 5.82 Å². The molecule has 3 rings (SSSR count). The van der Waals surface area contributed by atoms with E-state index in [0.29, 0.717) is 13.2 Å². The van der Waals surface area contributed by atoms with Crippen molar-refractivity contribution < 1.29 is 9.13 Å². The highest BCUT2D eigenvalue weighted by molar-refractivity contribution is 5.34. The Morgan fingerprint density at radius 2 is 2.00 bits per heavy atom. The minimum atomic E-state index is -0.334. The monoisotopic (exact) mass is 341 g/mol. The first kappa shape index (κ1) is 17.0. The number of benzene rings is 2. The van der Waals surface area contributed by atoms with Gasteiger partial charge in [-0.3, -0.25) is 0 Å². The molecule has 130 valence electrons. The van der Waals surface area contributed by atoms with Gasteiger partial charge in [0.05, 0.1) is 12.3 Å². The fourth-order valence-electron chi connectivity index (χ4n) is 2.51. The van der Waals surface area contributed by atoms with Crippen LogP contribution in [-0.2, 0) is 6.54 Å². The third-order valence-corrected chi connectivity index (χ3v) is 3.92. The van der Waals surface area contributed by atoms with Gasteiger partial charge >= 0.3 is 0 Å². The molecule has 3 aromatic rings. The fourth-order valence-corrected chi connectivity index (χ4v) is 2.51. The van der Waals surface area contributed by atoms with Crippen molar-refractivity contribution >= 4 is 0 Å². The highest BCUT2D eigenvalue weighted by Crippen LogP contribution is 2.20. The fraction of sp³-hybridized carbons (Fsp3) is 0.278. The number of hydrogen-bond acceptors (Lipinski definition) is 5. The SMILES string of the molecule is CCOc1ccc(CNC(C)c2ccc(-n3cnnn3)cc2)cc1F. The van der Waals surface area contributed by atoms with Crippen LogP contribution in [0.15, 0.2) is 48.8 Å². The van der Waals surface area contributed by atoms with Gasteiger partial charge in [0.15, 0.2) is 11.6 Å². The number of halogens is 1. The molecule has 1 N–H and O–H groups in total. The smallest absolute Gasteiger partial charge is 0.165 e. The quantitative estimate of drug-likeness (QED) is 0.715. The summed E-state index contributed by atoms with van der Waals surface area (Å²) in [6, 6.07) is 13.1. The molecule has 0 fully saturated rings. The lowest BCUT2D eigenvalue weighted by molar-refractivity contribution is 0.321. The van der Waals surface area contributed by atoms with E-state index in [1.54, 1.807) is 17.1 Å². The van der Waals surface area contributed by atoms with Crippen molar-refractivity contribution in [3.8, 4) is 11.4 Å². The first-order valence-corrected chi connectivity index (χ1v) is 8.15. The Bertz CT molecular complexity index is 805. The van der Waals surface area contributed by atoms with E-state index in [-0.39, 0.29) is 17.6 Å². The van der Waals surface area contributed by atoms with E-state index in [9.17, 15) is 4.39 Å². The minimum Gasteiger partial charge on any atom is -0.491 e. The second-order valence-corrected chi connectivity index (χ2v) is 5.65. The van der Waals surface area contributed by atoms with Gasteiger partial charge in [-0.05, 0) is 59.7 Å². The first-order chi connectivity index (χ1) is 12.2. The molecule has 7 heteroatoms. The molecule has 0 aliphatic heterocycles. The van der Waals surface area contributed by atoms with Crippen LogP contribution in [0.4, 0.5) is 4.39 Å². The van der Waals surface area contributed by atoms with Crippen molar-refractivity contribution in [2.24, 2.45) is 0 Å². The molecule has 0 aliphatic carbocycles. The first-order valence-electron chi connectivity index (χ1n) is 8.15. The van der Waals surface area contributed by atoms with E-state index in [4.69, 9.17) is 4.74 Å². The molecule has 0 saturated carbocycles. The highest BCUT2D eigenvalue weighted by atomic mass is 19.1. The molecule has 1 aromatic heterocycles. The predicted octanol–water partition coefficient (Wildman–Crippen LogP) is 3.05. The maximum absolute atomic E-state index is 13.9. The number of hydrogen-bond donors (Lipinski definition) is 1. The van der Waals surface area contributed by atoms with Gasteiger partial charge in [0.2, 0.25) is 0 Å². The van der Waals surface area contributed by atoms with Crippen molar-refractivity contribution in [3.05, 3.63) is 65.7 Å². The van der Waals surface area contributed by atoms with E-state index in [0.717, 1.165) is 16.8 Å². The summed E-state index contributed by atoms with van der Waals surface area (Å²) in [4.78, 5) is 0. The van der Waals surface area contributed by atoms with Crippen molar-refractivity contribution in [1.82, 2.24) is 25.5 Å². The van der Waals surface area contributed by atoms with Crippen LogP contribution in [0.1, 0.15) is 31.0 Å². The van der Waals surface area contributed by atoms with Gasteiger partial charge in [0, 0.05) is 12.6 Å². The topological polar surface area (TPSA) is 64.9 Å². The summed E-state index contributed by atoms with van der Waals surface area (Å²) in [6.45, 7) is 4.92. The molecule has 1 unspecified atom stereocenters. The predicted molar refractivity (Wildman–Crippen MR) is 92.0 cm³/mol. The van der Waals surface area contributed by atoms with Gasteiger partial charge in [0.25, 0.3) is 0 Å². The van der Waals surface area contributed by atoms with Crippen LogP contribution >= 0.6 is 0 Å². The molecule has 0 aliphatic rings. The van der Waals surface area contributed by atoms with Gasteiger partial charge in [-0.1, -0.05) is 18.2 Å². The minimum absolute atomic E-state index is 0.123. The van der Waals surface area contributed by atoms with Gasteiger partial charge in [-0.2, -0.15) is 0 Å². The average Bonchev–Trinajstić information content (AvgIpc) is 3.17. The third kappa shape index (κ3) is 4.19. The van der Waals surface area contributed by atoms with E-state index >= 15 is 0 Å². The Morgan fingerprint density at radius 1 is 1.20 bits per heavy atom. The molecule has 1 atom stereocenters. The zero-order valence-corrected chi connectivity index (χ0v) is 14.2. The van der Waals surface area contributed by atoms with Gasteiger partial charge in [-0.25, -0.2) is 9.07 Å². The zero-order chi connectivity index (χ0) is 17.6. The summed E-state index contributed by atoms with van der Waals surface area (Å²) in [5.41, 5.74) is 2.90. The lowest BCUT2D eigenvalue weighted by Gasteiger charge is -2.15. The van der Waals surface area contributed by atoms with E-state index < -0.39 is 0 Å². The molecule has 0 radical (unpaired) electrons. The number of nitrogens with one attached hydrogen (secondary N) is 1. The normalized spacial score (nSPS) is 12.1. The summed E-state index contributed by atoms with van der Waals surface area (Å²) in [5.74, 6) is -0.0444. The van der Waals surface area contributed by atoms with Gasteiger partial charge in [-0.15, -0.1) is 5.10 Å². The molecular formula is C18H20FN5O. The maximum atomic E-state index is 13.9. The van der Waals surface area contributed by atoms with Crippen LogP contribution in [0.3, 0.4) is 0 Å². The number of rotatable bonds is 7. The van der Waals surface area contributed by atoms with E-state index in [1.165, 1.54) is 6.07 Å². The average molecular weight is 341 g/mol. The summed E-state index contributed by atoms with van der Waals surface area (Å²) in [6.07, 6.45) is 1.55. The third-order valence-electron chi connectivity index (χ3n) is 3.92. The lowest BCUT2D eigenvalue weighted by Crippen LogP contribution is -2.18. The molecule has 6 nitrogen and oxygen atoms in total. The van der Waals surface area contributed by atoms with Gasteiger partial charge in [0.1, 0.15) is 6.33 Å². The lowest BCUT2D eigenvalue weighted by atomic mass is 10.1. The summed E-state index contributed by atoms with van der Waals surface area (Å²) in [5, 5.41) is 14.5. The van der Waals surface area contributed by atoms with Gasteiger partial charge < -0.3 is 10.1 Å². The van der Waals surface area contributed by atoms with Crippen LogP contribution in [0.25, 0.3) is 5.69 Å². The van der Waals surface area contributed by atoms with Crippen LogP contribution in [-0.4, -0.2) is 26.8 Å². The summed E-state index contributed by atoms with van der Waals surface area (Å²) < 4.78 is 20.7. The number of tetrazole rings is 1. The Kier molecular flexibility index (Phi) is 5.35. The molecule has 1 heterocycles. The molecule has 0 saturated heterocycles. The van der Waals surface area contributed by atoms with Crippen LogP contribution in [0.2, 0.25) is 0 Å². The van der Waals surface area contributed by atoms with Crippen molar-refractivity contribution in [1.29, 1.82) is 0 Å². The summed E-state index contributed by atoms with van der Waals surface area (Å²) >= 11 is 0. The van der Waals surface area contributed by atoms with Crippen LogP contribution in [0.5, 0.6) is 5.75 Å². The van der Waals surface area contributed by atoms with E-state index in [2.05, 4.69) is 27.8 Å². The molecule has 25 heavy (non-hydrogen) atoms. The number of aromatic nitrogens is 4. The summed E-state index contributed by atoms with van der Waals surface area (Å²) in [7, 11) is 0. The highest BCUT2D eigenvalue weighted by Gasteiger charge is 2.08. The largest absolute Gasteiger partial charge is 0.491 e. The Hall–Kier alpha value is -2.80.